The summed E-state index contributed by atoms with van der Waals surface area (Å²) >= 11 is 0. The van der Waals surface area contributed by atoms with Gasteiger partial charge in [0.15, 0.2) is 0 Å². The Morgan fingerprint density at radius 1 is 0.970 bits per heavy atom. The van der Waals surface area contributed by atoms with E-state index >= 15 is 0 Å². The smallest absolute Gasteiger partial charge is 0.262 e. The SMILES string of the molecule is CC[C@H](NC(=O)c1ccc(C)c(S(=O)(=O)Nc2cccc(C)c2C)c1)c1ccc(OC)cc1. The molecule has 3 aromatic carbocycles. The van der Waals surface area contributed by atoms with Gasteiger partial charge >= 0.3 is 0 Å². The number of hydrogen-bond donors (Lipinski definition) is 2. The predicted octanol–water partition coefficient (Wildman–Crippen LogP) is 5.30. The van der Waals surface area contributed by atoms with E-state index in [2.05, 4.69) is 10.0 Å². The highest BCUT2D eigenvalue weighted by molar-refractivity contribution is 7.92. The molecule has 0 fully saturated rings. The van der Waals surface area contributed by atoms with Gasteiger partial charge in [-0.15, -0.1) is 0 Å². The Morgan fingerprint density at radius 3 is 2.30 bits per heavy atom. The van der Waals surface area contributed by atoms with Crippen molar-refractivity contribution in [1.82, 2.24) is 5.32 Å². The zero-order valence-electron chi connectivity index (χ0n) is 19.6. The summed E-state index contributed by atoms with van der Waals surface area (Å²) in [4.78, 5) is 13.1. The molecule has 0 radical (unpaired) electrons. The fourth-order valence-corrected chi connectivity index (χ4v) is 4.99. The van der Waals surface area contributed by atoms with Crippen LogP contribution in [0, 0.1) is 20.8 Å². The summed E-state index contributed by atoms with van der Waals surface area (Å²) in [7, 11) is -2.27. The molecule has 1 atom stereocenters. The van der Waals surface area contributed by atoms with E-state index in [0.29, 0.717) is 17.7 Å². The van der Waals surface area contributed by atoms with Gasteiger partial charge in [0.1, 0.15) is 5.75 Å². The number of carbonyl (C=O) groups excluding carboxylic acids is 1. The van der Waals surface area contributed by atoms with Gasteiger partial charge in [-0.25, -0.2) is 8.42 Å². The largest absolute Gasteiger partial charge is 0.497 e. The monoisotopic (exact) mass is 466 g/mol. The number of benzene rings is 3. The Labute approximate surface area is 196 Å². The first-order valence-electron chi connectivity index (χ1n) is 10.8. The third-order valence-electron chi connectivity index (χ3n) is 5.82. The van der Waals surface area contributed by atoms with Crippen molar-refractivity contribution in [3.8, 4) is 5.75 Å². The molecule has 2 N–H and O–H groups in total. The van der Waals surface area contributed by atoms with Crippen molar-refractivity contribution in [1.29, 1.82) is 0 Å². The van der Waals surface area contributed by atoms with E-state index in [1.54, 1.807) is 38.3 Å². The van der Waals surface area contributed by atoms with Crippen molar-refractivity contribution in [2.45, 2.75) is 45.1 Å². The average Bonchev–Trinajstić information content (AvgIpc) is 2.80. The van der Waals surface area contributed by atoms with Gasteiger partial charge in [-0.1, -0.05) is 37.3 Å². The van der Waals surface area contributed by atoms with E-state index in [-0.39, 0.29) is 22.4 Å². The molecule has 3 rings (SSSR count). The molecule has 0 heterocycles. The second-order valence-electron chi connectivity index (χ2n) is 8.04. The molecule has 7 heteroatoms. The first-order chi connectivity index (χ1) is 15.7. The lowest BCUT2D eigenvalue weighted by Crippen LogP contribution is -2.28. The van der Waals surface area contributed by atoms with Crippen molar-refractivity contribution in [3.63, 3.8) is 0 Å². The quantitative estimate of drug-likeness (QED) is 0.472. The molecule has 174 valence electrons. The first-order valence-corrected chi connectivity index (χ1v) is 12.3. The number of aryl methyl sites for hydroxylation is 2. The third-order valence-corrected chi connectivity index (χ3v) is 7.33. The maximum absolute atomic E-state index is 13.2. The number of hydrogen-bond acceptors (Lipinski definition) is 4. The van der Waals surface area contributed by atoms with Gasteiger partial charge in [0.05, 0.1) is 23.7 Å². The van der Waals surface area contributed by atoms with Crippen LogP contribution in [0.3, 0.4) is 0 Å². The van der Waals surface area contributed by atoms with E-state index in [1.807, 2.05) is 51.1 Å². The van der Waals surface area contributed by atoms with E-state index < -0.39 is 10.0 Å². The number of methoxy groups -OCH3 is 1. The predicted molar refractivity (Wildman–Crippen MR) is 131 cm³/mol. The lowest BCUT2D eigenvalue weighted by molar-refractivity contribution is 0.0935. The zero-order valence-corrected chi connectivity index (χ0v) is 20.4. The average molecular weight is 467 g/mol. The lowest BCUT2D eigenvalue weighted by atomic mass is 10.0. The maximum Gasteiger partial charge on any atom is 0.262 e. The summed E-state index contributed by atoms with van der Waals surface area (Å²) in [5.41, 5.74) is 4.17. The summed E-state index contributed by atoms with van der Waals surface area (Å²) in [6.45, 7) is 7.49. The highest BCUT2D eigenvalue weighted by Gasteiger charge is 2.21. The molecule has 0 spiro atoms. The summed E-state index contributed by atoms with van der Waals surface area (Å²) in [6.07, 6.45) is 0.684. The van der Waals surface area contributed by atoms with Gasteiger partial charge < -0.3 is 10.1 Å². The number of anilines is 1. The number of carbonyl (C=O) groups is 1. The van der Waals surface area contributed by atoms with Gasteiger partial charge in [0.2, 0.25) is 0 Å². The number of sulfonamides is 1. The standard InChI is InChI=1S/C26H30N2O4S/c1-6-23(20-12-14-22(32-5)15-13-20)27-26(29)21-11-10-18(3)25(16-21)33(30,31)28-24-9-7-8-17(2)19(24)4/h7-16,23,28H,6H2,1-5H3,(H,27,29)/t23-/m0/s1. The molecule has 1 amide bonds. The zero-order chi connectivity index (χ0) is 24.2. The highest BCUT2D eigenvalue weighted by atomic mass is 32.2. The van der Waals surface area contributed by atoms with Gasteiger partial charge in [-0.3, -0.25) is 9.52 Å². The minimum absolute atomic E-state index is 0.0774. The summed E-state index contributed by atoms with van der Waals surface area (Å²) in [5, 5.41) is 3.01. The number of amides is 1. The molecule has 0 saturated carbocycles. The van der Waals surface area contributed by atoms with Crippen molar-refractivity contribution in [3.05, 3.63) is 88.5 Å². The van der Waals surface area contributed by atoms with Crippen LogP contribution in [0.5, 0.6) is 5.75 Å². The molecule has 0 aromatic heterocycles. The van der Waals surface area contributed by atoms with E-state index in [1.165, 1.54) is 6.07 Å². The molecule has 0 bridgehead atoms. The normalized spacial score (nSPS) is 12.2. The van der Waals surface area contributed by atoms with Gasteiger partial charge in [0, 0.05) is 5.56 Å². The van der Waals surface area contributed by atoms with E-state index in [9.17, 15) is 13.2 Å². The van der Waals surface area contributed by atoms with Crippen molar-refractivity contribution in [2.75, 3.05) is 11.8 Å². The highest BCUT2D eigenvalue weighted by Crippen LogP contribution is 2.25. The number of rotatable bonds is 8. The Hall–Kier alpha value is -3.32. The number of nitrogens with one attached hydrogen (secondary N) is 2. The Bertz CT molecular complexity index is 1250. The molecule has 0 aliphatic heterocycles. The Kier molecular flexibility index (Phi) is 7.43. The molecule has 0 aliphatic carbocycles. The molecular formula is C26H30N2O4S. The van der Waals surface area contributed by atoms with Crippen LogP contribution in [-0.4, -0.2) is 21.4 Å². The van der Waals surface area contributed by atoms with Crippen molar-refractivity contribution >= 4 is 21.6 Å². The van der Waals surface area contributed by atoms with Crippen molar-refractivity contribution < 1.29 is 17.9 Å². The van der Waals surface area contributed by atoms with E-state index in [4.69, 9.17) is 4.74 Å². The molecule has 0 unspecified atom stereocenters. The van der Waals surface area contributed by atoms with Crippen LogP contribution in [-0.2, 0) is 10.0 Å². The van der Waals surface area contributed by atoms with Gasteiger partial charge in [0.25, 0.3) is 15.9 Å². The second-order valence-corrected chi connectivity index (χ2v) is 9.69. The fourth-order valence-electron chi connectivity index (χ4n) is 3.59. The molecule has 3 aromatic rings. The molecular weight excluding hydrogens is 436 g/mol. The van der Waals surface area contributed by atoms with E-state index in [0.717, 1.165) is 22.4 Å². The van der Waals surface area contributed by atoms with Crippen LogP contribution in [0.15, 0.2) is 65.6 Å². The summed E-state index contributed by atoms with van der Waals surface area (Å²) in [5.74, 6) is 0.408. The minimum Gasteiger partial charge on any atom is -0.497 e. The molecule has 0 saturated heterocycles. The fraction of sp³-hybridized carbons (Fsp3) is 0.269. The lowest BCUT2D eigenvalue weighted by Gasteiger charge is -2.19. The molecule has 0 aliphatic rings. The van der Waals surface area contributed by atoms with Crippen LogP contribution in [0.1, 0.15) is 52.0 Å². The summed E-state index contributed by atoms with van der Waals surface area (Å²) in [6, 6.07) is 17.5. The van der Waals surface area contributed by atoms with Crippen LogP contribution < -0.4 is 14.8 Å². The topological polar surface area (TPSA) is 84.5 Å². The van der Waals surface area contributed by atoms with Crippen LogP contribution >= 0.6 is 0 Å². The maximum atomic E-state index is 13.2. The van der Waals surface area contributed by atoms with Crippen molar-refractivity contribution in [2.24, 2.45) is 0 Å². The Morgan fingerprint density at radius 2 is 1.67 bits per heavy atom. The molecule has 33 heavy (non-hydrogen) atoms. The van der Waals surface area contributed by atoms with Crippen LogP contribution in [0.25, 0.3) is 0 Å². The summed E-state index contributed by atoms with van der Waals surface area (Å²) < 4.78 is 34.2. The Balaban J connectivity index is 1.86. The first kappa shape index (κ1) is 24.3. The van der Waals surface area contributed by atoms with Crippen LogP contribution in [0.2, 0.25) is 0 Å². The third kappa shape index (κ3) is 5.54. The van der Waals surface area contributed by atoms with Gasteiger partial charge in [-0.2, -0.15) is 0 Å². The van der Waals surface area contributed by atoms with Gasteiger partial charge in [-0.05, 0) is 79.8 Å². The van der Waals surface area contributed by atoms with Crippen LogP contribution in [0.4, 0.5) is 5.69 Å². The molecule has 6 nitrogen and oxygen atoms in total. The minimum atomic E-state index is -3.88. The number of ether oxygens (including phenoxy) is 1. The second kappa shape index (κ2) is 10.1.